The lowest BCUT2D eigenvalue weighted by molar-refractivity contribution is 1.14. The van der Waals surface area contributed by atoms with Crippen LogP contribution < -0.4 is 4.90 Å². The predicted molar refractivity (Wildman–Crippen MR) is 266 cm³/mol. The first-order chi connectivity index (χ1) is 31.2. The van der Waals surface area contributed by atoms with E-state index in [2.05, 4.69) is 263 Å². The summed E-state index contributed by atoms with van der Waals surface area (Å²) in [5, 5.41) is 5.01. The summed E-state index contributed by atoms with van der Waals surface area (Å²) in [6.07, 6.45) is 0. The Morgan fingerprint density at radius 1 is 0.222 bits per heavy atom. The van der Waals surface area contributed by atoms with Crippen molar-refractivity contribution in [1.29, 1.82) is 0 Å². The largest absolute Gasteiger partial charge is 0.311 e. The van der Waals surface area contributed by atoms with E-state index in [1.807, 2.05) is 0 Å². The number of fused-ring (bicyclic) bond motifs is 6. The van der Waals surface area contributed by atoms with E-state index < -0.39 is 0 Å². The molecule has 0 saturated heterocycles. The van der Waals surface area contributed by atoms with Gasteiger partial charge in [-0.3, -0.25) is 0 Å². The van der Waals surface area contributed by atoms with Crippen molar-refractivity contribution in [2.24, 2.45) is 0 Å². The van der Waals surface area contributed by atoms with Gasteiger partial charge in [0.15, 0.2) is 0 Å². The number of aromatic nitrogens is 2. The maximum Gasteiger partial charge on any atom is 0.0541 e. The molecule has 2 aromatic heterocycles. The number of para-hydroxylation sites is 3. The topological polar surface area (TPSA) is 13.1 Å². The second kappa shape index (κ2) is 15.3. The second-order valence-corrected chi connectivity index (χ2v) is 16.2. The van der Waals surface area contributed by atoms with Gasteiger partial charge in [-0.05, 0) is 124 Å². The van der Waals surface area contributed by atoms with Gasteiger partial charge in [0.2, 0.25) is 0 Å². The smallest absolute Gasteiger partial charge is 0.0541 e. The minimum absolute atomic E-state index is 1.10. The summed E-state index contributed by atoms with van der Waals surface area (Å²) in [6.45, 7) is 0. The van der Waals surface area contributed by atoms with Crippen LogP contribution in [0.2, 0.25) is 0 Å². The molecule has 0 saturated carbocycles. The van der Waals surface area contributed by atoms with E-state index in [1.54, 1.807) is 0 Å². The first-order valence-electron chi connectivity index (χ1n) is 21.6. The lowest BCUT2D eigenvalue weighted by atomic mass is 10.0. The molecule has 0 spiro atoms. The Balaban J connectivity index is 0.900. The fourth-order valence-corrected chi connectivity index (χ4v) is 9.50. The maximum atomic E-state index is 2.40. The first kappa shape index (κ1) is 36.5. The van der Waals surface area contributed by atoms with E-state index in [4.69, 9.17) is 0 Å². The third-order valence-electron chi connectivity index (χ3n) is 12.5. The zero-order valence-corrected chi connectivity index (χ0v) is 34.5. The van der Waals surface area contributed by atoms with Crippen molar-refractivity contribution in [2.45, 2.75) is 0 Å². The summed E-state index contributed by atoms with van der Waals surface area (Å²) in [6, 6.07) is 90.0. The Hall–Kier alpha value is -8.40. The van der Waals surface area contributed by atoms with Crippen LogP contribution in [0.25, 0.3) is 88.4 Å². The summed E-state index contributed by atoms with van der Waals surface area (Å²) in [5.41, 5.74) is 17.6. The van der Waals surface area contributed by atoms with Crippen LogP contribution in [0.4, 0.5) is 17.1 Å². The molecule has 296 valence electrons. The molecule has 0 bridgehead atoms. The quantitative estimate of drug-likeness (QED) is 0.149. The van der Waals surface area contributed by atoms with Gasteiger partial charge in [0.25, 0.3) is 0 Å². The lowest BCUT2D eigenvalue weighted by Crippen LogP contribution is -2.09. The van der Waals surface area contributed by atoms with Gasteiger partial charge < -0.3 is 14.0 Å². The summed E-state index contributed by atoms with van der Waals surface area (Å²) in [4.78, 5) is 2.34. The minimum atomic E-state index is 1.10. The number of anilines is 3. The van der Waals surface area contributed by atoms with Crippen LogP contribution in [0.3, 0.4) is 0 Å². The molecule has 0 aliphatic rings. The molecule has 3 heteroatoms. The average molecular weight is 804 g/mol. The van der Waals surface area contributed by atoms with Gasteiger partial charge in [0, 0.05) is 50.0 Å². The molecule has 0 aliphatic carbocycles. The molecular weight excluding hydrogens is 763 g/mol. The number of hydrogen-bond acceptors (Lipinski definition) is 1. The zero-order valence-electron chi connectivity index (χ0n) is 34.5. The molecule has 0 aliphatic heterocycles. The van der Waals surface area contributed by atoms with Crippen LogP contribution in [-0.2, 0) is 0 Å². The molecule has 0 amide bonds. The van der Waals surface area contributed by atoms with Gasteiger partial charge in [-0.15, -0.1) is 0 Å². The van der Waals surface area contributed by atoms with Gasteiger partial charge in [-0.1, -0.05) is 158 Å². The molecule has 63 heavy (non-hydrogen) atoms. The fourth-order valence-electron chi connectivity index (χ4n) is 9.50. The highest BCUT2D eigenvalue weighted by atomic mass is 15.1. The number of benzene rings is 10. The molecule has 10 aromatic carbocycles. The number of rotatable bonds is 8. The van der Waals surface area contributed by atoms with Crippen LogP contribution in [0, 0.1) is 0 Å². The van der Waals surface area contributed by atoms with Crippen molar-refractivity contribution >= 4 is 60.7 Å². The van der Waals surface area contributed by atoms with Gasteiger partial charge >= 0.3 is 0 Å². The molecule has 0 unspecified atom stereocenters. The highest BCUT2D eigenvalue weighted by Gasteiger charge is 2.17. The van der Waals surface area contributed by atoms with E-state index in [0.717, 1.165) is 28.4 Å². The van der Waals surface area contributed by atoms with Crippen LogP contribution in [0.15, 0.2) is 249 Å². The Labute approximate surface area is 366 Å². The van der Waals surface area contributed by atoms with Crippen LogP contribution in [0.5, 0.6) is 0 Å². The highest BCUT2D eigenvalue weighted by molar-refractivity contribution is 6.11. The summed E-state index contributed by atoms with van der Waals surface area (Å²) in [7, 11) is 0. The molecular formula is C60H41N3. The normalized spacial score (nSPS) is 11.5. The number of hydrogen-bond donors (Lipinski definition) is 0. The van der Waals surface area contributed by atoms with Crippen LogP contribution in [-0.4, -0.2) is 9.13 Å². The predicted octanol–water partition coefficient (Wildman–Crippen LogP) is 16.4. The summed E-state index contributed by atoms with van der Waals surface area (Å²) >= 11 is 0. The van der Waals surface area contributed by atoms with Crippen LogP contribution >= 0.6 is 0 Å². The SMILES string of the molecule is c1ccc(-c2ccc(N(c3ccc(-c4ccccc4)cc3)c3ccc(-c4ccc5c(c4)c4ccccc4n5-c4ccc(-n5c6ccccc6c6ccccc65)cc4)cc3)cc2)cc1. The molecule has 3 nitrogen and oxygen atoms in total. The van der Waals surface area contributed by atoms with Crippen molar-refractivity contribution in [1.82, 2.24) is 9.13 Å². The molecule has 0 N–H and O–H groups in total. The van der Waals surface area contributed by atoms with Crippen molar-refractivity contribution in [3.05, 3.63) is 249 Å². The monoisotopic (exact) mass is 803 g/mol. The van der Waals surface area contributed by atoms with Crippen molar-refractivity contribution in [3.63, 3.8) is 0 Å². The molecule has 12 aromatic rings. The average Bonchev–Trinajstić information content (AvgIpc) is 3.88. The van der Waals surface area contributed by atoms with Gasteiger partial charge in [-0.2, -0.15) is 0 Å². The van der Waals surface area contributed by atoms with E-state index in [9.17, 15) is 0 Å². The minimum Gasteiger partial charge on any atom is -0.311 e. The van der Waals surface area contributed by atoms with Crippen LogP contribution in [0.1, 0.15) is 0 Å². The van der Waals surface area contributed by atoms with Gasteiger partial charge in [0.1, 0.15) is 0 Å². The van der Waals surface area contributed by atoms with E-state index >= 15 is 0 Å². The second-order valence-electron chi connectivity index (χ2n) is 16.2. The number of nitrogens with zero attached hydrogens (tertiary/aromatic N) is 3. The Kier molecular flexibility index (Phi) is 8.83. The van der Waals surface area contributed by atoms with E-state index in [0.29, 0.717) is 0 Å². The highest BCUT2D eigenvalue weighted by Crippen LogP contribution is 2.40. The third-order valence-corrected chi connectivity index (χ3v) is 12.5. The molecule has 12 rings (SSSR count). The van der Waals surface area contributed by atoms with Crippen molar-refractivity contribution in [2.75, 3.05) is 4.90 Å². The Bertz CT molecular complexity index is 3430. The van der Waals surface area contributed by atoms with E-state index in [-0.39, 0.29) is 0 Å². The van der Waals surface area contributed by atoms with Crippen molar-refractivity contribution < 1.29 is 0 Å². The fraction of sp³-hybridized carbons (Fsp3) is 0. The Morgan fingerprint density at radius 2 is 0.524 bits per heavy atom. The molecule has 0 fully saturated rings. The first-order valence-corrected chi connectivity index (χ1v) is 21.6. The molecule has 2 heterocycles. The van der Waals surface area contributed by atoms with Crippen molar-refractivity contribution in [3.8, 4) is 44.8 Å². The summed E-state index contributed by atoms with van der Waals surface area (Å²) in [5.74, 6) is 0. The van der Waals surface area contributed by atoms with Gasteiger partial charge in [0.05, 0.1) is 22.1 Å². The van der Waals surface area contributed by atoms with Gasteiger partial charge in [-0.25, -0.2) is 0 Å². The molecule has 0 atom stereocenters. The molecule has 0 radical (unpaired) electrons. The van der Waals surface area contributed by atoms with E-state index in [1.165, 1.54) is 77.0 Å². The zero-order chi connectivity index (χ0) is 41.7. The Morgan fingerprint density at radius 3 is 0.937 bits per heavy atom. The lowest BCUT2D eigenvalue weighted by Gasteiger charge is -2.26. The third kappa shape index (κ3) is 6.38. The summed E-state index contributed by atoms with van der Waals surface area (Å²) < 4.78 is 4.78. The standard InChI is InChI=1S/C60H41N3/c1-3-13-42(14-4-1)44-23-30-48(31-24-44)61(49-32-25-45(26-33-49)43-15-5-2-6-16-43)50-34-27-46(28-35-50)47-29-40-60-56(41-47)55-19-9-12-22-59(55)63(60)52-38-36-51(37-39-52)62-57-20-10-7-17-53(57)54-18-8-11-21-58(54)62/h1-41H. The maximum absolute atomic E-state index is 2.40.